The zero-order valence-electron chi connectivity index (χ0n) is 14.4. The maximum absolute atomic E-state index is 12.5. The van der Waals surface area contributed by atoms with Gasteiger partial charge in [0.2, 0.25) is 11.4 Å². The summed E-state index contributed by atoms with van der Waals surface area (Å²) < 4.78 is 34.6. The van der Waals surface area contributed by atoms with E-state index in [-0.39, 0.29) is 25.6 Å². The van der Waals surface area contributed by atoms with Crippen LogP contribution in [0.2, 0.25) is 0 Å². The first-order valence-corrected chi connectivity index (χ1v) is 9.33. The fraction of sp³-hybridized carbons (Fsp3) is 0.857. The Labute approximate surface area is 149 Å². The zero-order valence-corrected chi connectivity index (χ0v) is 16.1. The van der Waals surface area contributed by atoms with Crippen LogP contribution in [0.4, 0.5) is 0 Å². The lowest BCUT2D eigenvalue weighted by molar-refractivity contribution is -0.153. The number of carbonyl (C=O) groups is 2. The first kappa shape index (κ1) is 25.3. The van der Waals surface area contributed by atoms with Crippen molar-refractivity contribution in [2.24, 2.45) is 11.5 Å². The van der Waals surface area contributed by atoms with Crippen molar-refractivity contribution >= 4 is 34.1 Å². The second kappa shape index (κ2) is 11.6. The molecule has 0 unspecified atom stereocenters. The molecule has 144 valence electrons. The highest BCUT2D eigenvalue weighted by Gasteiger charge is 2.47. The van der Waals surface area contributed by atoms with E-state index in [1.165, 1.54) is 7.11 Å². The Hall–Kier alpha value is -0.900. The maximum atomic E-state index is 12.5. The largest absolute Gasteiger partial charge is 0.461 e. The number of hydrogen-bond acceptors (Lipinski definition) is 7. The second-order valence-electron chi connectivity index (χ2n) is 5.47. The van der Waals surface area contributed by atoms with Crippen LogP contribution in [0.25, 0.3) is 0 Å². The van der Waals surface area contributed by atoms with Crippen LogP contribution in [-0.4, -0.2) is 57.2 Å². The van der Waals surface area contributed by atoms with Crippen LogP contribution in [0.1, 0.15) is 39.5 Å². The molecule has 0 aliphatic carbocycles. The molecule has 0 saturated carbocycles. The number of halogens is 1. The minimum Gasteiger partial charge on any atom is -0.461 e. The van der Waals surface area contributed by atoms with Gasteiger partial charge in [0.05, 0.1) is 17.6 Å². The predicted molar refractivity (Wildman–Crippen MR) is 93.6 cm³/mol. The molecule has 0 radical (unpaired) electrons. The highest BCUT2D eigenvalue weighted by Crippen LogP contribution is 2.20. The van der Waals surface area contributed by atoms with E-state index < -0.39 is 38.3 Å². The third kappa shape index (κ3) is 7.33. The number of hydrogen-bond donors (Lipinski definition) is 2. The molecule has 0 rings (SSSR count). The summed E-state index contributed by atoms with van der Waals surface area (Å²) >= 11 is 0. The monoisotopic (exact) mass is 388 g/mol. The van der Waals surface area contributed by atoms with E-state index in [1.54, 1.807) is 0 Å². The summed E-state index contributed by atoms with van der Waals surface area (Å²) in [5.74, 6) is -3.24. The summed E-state index contributed by atoms with van der Waals surface area (Å²) in [6, 6.07) is 0. The molecule has 10 heteroatoms. The van der Waals surface area contributed by atoms with Crippen LogP contribution in [0.15, 0.2) is 0 Å². The van der Waals surface area contributed by atoms with Crippen molar-refractivity contribution in [2.45, 2.75) is 50.3 Å². The third-order valence-electron chi connectivity index (χ3n) is 3.48. The topological polar surface area (TPSA) is 139 Å². The Morgan fingerprint density at radius 1 is 1.12 bits per heavy atom. The van der Waals surface area contributed by atoms with Gasteiger partial charge in [-0.3, -0.25) is 4.79 Å². The van der Waals surface area contributed by atoms with Gasteiger partial charge < -0.3 is 20.9 Å². The molecule has 0 fully saturated rings. The molecule has 0 bridgehead atoms. The van der Waals surface area contributed by atoms with Gasteiger partial charge in [-0.25, -0.2) is 13.2 Å². The Morgan fingerprint density at radius 2 is 1.62 bits per heavy atom. The molecule has 0 aliphatic rings. The lowest BCUT2D eigenvalue weighted by Crippen LogP contribution is -2.63. The quantitative estimate of drug-likeness (QED) is 0.276. The molecule has 4 N–H and O–H groups in total. The summed E-state index contributed by atoms with van der Waals surface area (Å²) in [6.07, 6.45) is 2.19. The van der Waals surface area contributed by atoms with Gasteiger partial charge in [0.15, 0.2) is 9.84 Å². The maximum Gasteiger partial charge on any atom is 0.337 e. The number of amides is 1. The second-order valence-corrected chi connectivity index (χ2v) is 7.75. The van der Waals surface area contributed by atoms with Gasteiger partial charge in [-0.15, -0.1) is 12.4 Å². The SMILES string of the molecule is CCCC(CCC)S(=O)(=O)C[C@@](N)(C(N)=O)C(=O)OCCOC.Cl. The molecule has 24 heavy (non-hydrogen) atoms. The Balaban J connectivity index is 0. The summed E-state index contributed by atoms with van der Waals surface area (Å²) in [5, 5.41) is -0.661. The molecule has 8 nitrogen and oxygen atoms in total. The number of sulfone groups is 1. The fourth-order valence-electron chi connectivity index (χ4n) is 2.16. The summed E-state index contributed by atoms with van der Waals surface area (Å²) in [4.78, 5) is 23.6. The molecule has 0 heterocycles. The number of rotatable bonds is 12. The molecule has 0 aliphatic heterocycles. The number of primary amides is 1. The van der Waals surface area contributed by atoms with Gasteiger partial charge in [0.25, 0.3) is 0 Å². The van der Waals surface area contributed by atoms with Crippen LogP contribution in [0.3, 0.4) is 0 Å². The first-order valence-electron chi connectivity index (χ1n) is 7.62. The van der Waals surface area contributed by atoms with Crippen molar-refractivity contribution in [2.75, 3.05) is 26.1 Å². The summed E-state index contributed by atoms with van der Waals surface area (Å²) in [7, 11) is -2.38. The first-order chi connectivity index (χ1) is 10.7. The molecule has 0 spiro atoms. The van der Waals surface area contributed by atoms with Gasteiger partial charge in [-0.05, 0) is 12.8 Å². The number of ether oxygens (including phenoxy) is 2. The molecule has 0 aromatic carbocycles. The van der Waals surface area contributed by atoms with E-state index in [2.05, 4.69) is 0 Å². The molecule has 1 atom stereocenters. The minimum atomic E-state index is -3.78. The van der Waals surface area contributed by atoms with Crippen molar-refractivity contribution in [1.29, 1.82) is 0 Å². The van der Waals surface area contributed by atoms with Crippen LogP contribution < -0.4 is 11.5 Å². The molecule has 0 aromatic heterocycles. The third-order valence-corrected chi connectivity index (χ3v) is 5.83. The Kier molecular flexibility index (Phi) is 12.3. The van der Waals surface area contributed by atoms with Crippen molar-refractivity contribution in [3.8, 4) is 0 Å². The van der Waals surface area contributed by atoms with Crippen LogP contribution >= 0.6 is 12.4 Å². The highest BCUT2D eigenvalue weighted by molar-refractivity contribution is 7.92. The van der Waals surface area contributed by atoms with Gasteiger partial charge in [-0.2, -0.15) is 0 Å². The van der Waals surface area contributed by atoms with E-state index in [0.29, 0.717) is 25.7 Å². The molecule has 0 saturated heterocycles. The van der Waals surface area contributed by atoms with Gasteiger partial charge in [0, 0.05) is 7.11 Å². The number of esters is 1. The smallest absolute Gasteiger partial charge is 0.337 e. The molecular formula is C14H29ClN2O6S. The van der Waals surface area contributed by atoms with E-state index in [4.69, 9.17) is 20.9 Å². The van der Waals surface area contributed by atoms with E-state index >= 15 is 0 Å². The molecular weight excluding hydrogens is 360 g/mol. The standard InChI is InChI=1S/C14H28N2O6S.ClH/c1-4-6-11(7-5-2)23(19,20)10-14(16,12(15)17)13(18)22-9-8-21-3;/h11H,4-10,16H2,1-3H3,(H2,15,17);1H/t14-;/m1./s1. The van der Waals surface area contributed by atoms with Gasteiger partial charge in [-0.1, -0.05) is 26.7 Å². The zero-order chi connectivity index (χ0) is 18.1. The molecule has 1 amide bonds. The van der Waals surface area contributed by atoms with Crippen LogP contribution in [-0.2, 0) is 28.9 Å². The summed E-state index contributed by atoms with van der Waals surface area (Å²) in [6.45, 7) is 3.68. The van der Waals surface area contributed by atoms with Crippen LogP contribution in [0, 0.1) is 0 Å². The lowest BCUT2D eigenvalue weighted by Gasteiger charge is -2.26. The van der Waals surface area contributed by atoms with Gasteiger partial charge in [0.1, 0.15) is 6.61 Å². The predicted octanol–water partition coefficient (Wildman–Crippen LogP) is 0.164. The van der Waals surface area contributed by atoms with Crippen LogP contribution in [0.5, 0.6) is 0 Å². The van der Waals surface area contributed by atoms with Gasteiger partial charge >= 0.3 is 5.97 Å². The average molecular weight is 389 g/mol. The van der Waals surface area contributed by atoms with E-state index in [9.17, 15) is 18.0 Å². The van der Waals surface area contributed by atoms with E-state index in [0.717, 1.165) is 0 Å². The highest BCUT2D eigenvalue weighted by atomic mass is 35.5. The number of nitrogens with two attached hydrogens (primary N) is 2. The van der Waals surface area contributed by atoms with Crippen molar-refractivity contribution in [1.82, 2.24) is 0 Å². The van der Waals surface area contributed by atoms with Crippen molar-refractivity contribution in [3.05, 3.63) is 0 Å². The Bertz CT molecular complexity index is 493. The average Bonchev–Trinajstić information content (AvgIpc) is 2.46. The molecule has 0 aromatic rings. The number of methoxy groups -OCH3 is 1. The minimum absolute atomic E-state index is 0. The summed E-state index contributed by atoms with van der Waals surface area (Å²) in [5.41, 5.74) is 8.49. The lowest BCUT2D eigenvalue weighted by atomic mass is 10.0. The normalized spacial score (nSPS) is 13.9. The van der Waals surface area contributed by atoms with Crippen molar-refractivity contribution in [3.63, 3.8) is 0 Å². The Morgan fingerprint density at radius 3 is 2.00 bits per heavy atom. The number of carbonyl (C=O) groups excluding carboxylic acids is 2. The van der Waals surface area contributed by atoms with Crippen molar-refractivity contribution < 1.29 is 27.5 Å². The van der Waals surface area contributed by atoms with E-state index in [1.807, 2.05) is 13.8 Å². The fourth-order valence-corrected chi connectivity index (χ4v) is 4.48.